The highest BCUT2D eigenvalue weighted by Crippen LogP contribution is 2.17. The first-order chi connectivity index (χ1) is 10.6. The van der Waals surface area contributed by atoms with Crippen LogP contribution in [0.1, 0.15) is 24.6 Å². The van der Waals surface area contributed by atoms with Gasteiger partial charge in [0.05, 0.1) is 6.54 Å². The minimum Gasteiger partial charge on any atom is -0.347 e. The fraction of sp³-hybridized carbons (Fsp3) is 0.571. The summed E-state index contributed by atoms with van der Waals surface area (Å²) in [4.78, 5) is 29.6. The Morgan fingerprint density at radius 2 is 2.14 bits per heavy atom. The number of aryl methyl sites for hydroxylation is 1. The molecule has 1 aliphatic rings. The molecule has 0 spiro atoms. The Kier molecular flexibility index (Phi) is 5.51. The number of urea groups is 1. The summed E-state index contributed by atoms with van der Waals surface area (Å²) >= 11 is 0. The smallest absolute Gasteiger partial charge is 0.317 e. The number of carbonyl (C=O) groups is 2. The molecule has 120 valence electrons. The van der Waals surface area contributed by atoms with Crippen molar-refractivity contribution in [3.8, 4) is 0 Å². The van der Waals surface area contributed by atoms with Crippen LogP contribution in [0.3, 0.4) is 0 Å². The second-order valence-corrected chi connectivity index (χ2v) is 5.19. The molecule has 8 nitrogen and oxygen atoms in total. The zero-order valence-electron chi connectivity index (χ0n) is 12.7. The van der Waals surface area contributed by atoms with Gasteiger partial charge in [-0.2, -0.15) is 4.98 Å². The third-order valence-electron chi connectivity index (χ3n) is 3.53. The zero-order valence-corrected chi connectivity index (χ0v) is 12.7. The maximum atomic E-state index is 12.1. The van der Waals surface area contributed by atoms with E-state index in [0.29, 0.717) is 44.2 Å². The first kappa shape index (κ1) is 16.0. The monoisotopic (exact) mass is 307 g/mol. The molecule has 0 radical (unpaired) electrons. The van der Waals surface area contributed by atoms with Gasteiger partial charge in [0.25, 0.3) is 0 Å². The summed E-state index contributed by atoms with van der Waals surface area (Å²) in [6.07, 6.45) is 2.93. The van der Waals surface area contributed by atoms with Crippen LogP contribution < -0.4 is 10.6 Å². The number of aromatic nitrogens is 2. The molecule has 1 aromatic heterocycles. The molecule has 1 saturated heterocycles. The van der Waals surface area contributed by atoms with Crippen molar-refractivity contribution in [2.75, 3.05) is 19.6 Å². The molecule has 0 atom stereocenters. The Morgan fingerprint density at radius 3 is 2.73 bits per heavy atom. The Balaban J connectivity index is 1.72. The lowest BCUT2D eigenvalue weighted by molar-refractivity contribution is -0.126. The summed E-state index contributed by atoms with van der Waals surface area (Å²) in [6.45, 7) is 7.10. The molecule has 0 bridgehead atoms. The van der Waals surface area contributed by atoms with E-state index in [0.717, 1.165) is 0 Å². The highest BCUT2D eigenvalue weighted by atomic mass is 16.5. The van der Waals surface area contributed by atoms with Crippen LogP contribution in [0.15, 0.2) is 17.2 Å². The minimum absolute atomic E-state index is 0.0398. The molecule has 1 aromatic rings. The van der Waals surface area contributed by atoms with E-state index in [-0.39, 0.29) is 24.4 Å². The third kappa shape index (κ3) is 4.31. The number of hydrogen-bond acceptors (Lipinski definition) is 5. The van der Waals surface area contributed by atoms with Crippen LogP contribution in [0, 0.1) is 12.8 Å². The van der Waals surface area contributed by atoms with E-state index in [1.54, 1.807) is 17.9 Å². The van der Waals surface area contributed by atoms with Crippen LogP contribution in [0.4, 0.5) is 4.79 Å². The molecule has 2 rings (SSSR count). The molecule has 0 aromatic carbocycles. The van der Waals surface area contributed by atoms with E-state index < -0.39 is 0 Å². The summed E-state index contributed by atoms with van der Waals surface area (Å²) in [5.74, 6) is 0.810. The molecule has 2 N–H and O–H groups in total. The van der Waals surface area contributed by atoms with Gasteiger partial charge in [0.15, 0.2) is 5.82 Å². The minimum atomic E-state index is -0.111. The van der Waals surface area contributed by atoms with Crippen LogP contribution in [0.2, 0.25) is 0 Å². The van der Waals surface area contributed by atoms with Gasteiger partial charge < -0.3 is 20.1 Å². The van der Waals surface area contributed by atoms with E-state index in [9.17, 15) is 9.59 Å². The molecule has 8 heteroatoms. The van der Waals surface area contributed by atoms with Crippen molar-refractivity contribution in [3.05, 3.63) is 24.4 Å². The summed E-state index contributed by atoms with van der Waals surface area (Å²) in [5, 5.41) is 9.19. The summed E-state index contributed by atoms with van der Waals surface area (Å²) in [5.41, 5.74) is 0. The number of likely N-dealkylation sites (tertiary alicyclic amines) is 1. The number of carbonyl (C=O) groups excluding carboxylic acids is 2. The first-order valence-electron chi connectivity index (χ1n) is 7.30. The lowest BCUT2D eigenvalue weighted by atomic mass is 9.96. The lowest BCUT2D eigenvalue weighted by Gasteiger charge is -2.31. The Morgan fingerprint density at radius 1 is 1.41 bits per heavy atom. The van der Waals surface area contributed by atoms with Crippen molar-refractivity contribution in [2.45, 2.75) is 26.3 Å². The summed E-state index contributed by atoms with van der Waals surface area (Å²) in [6, 6.07) is -0.111. The molecule has 0 unspecified atom stereocenters. The van der Waals surface area contributed by atoms with Gasteiger partial charge in [-0.25, -0.2) is 4.79 Å². The highest BCUT2D eigenvalue weighted by Gasteiger charge is 2.27. The van der Waals surface area contributed by atoms with Crippen LogP contribution in [-0.2, 0) is 11.3 Å². The normalized spacial score (nSPS) is 15.4. The van der Waals surface area contributed by atoms with Crippen LogP contribution in [0.5, 0.6) is 0 Å². The zero-order chi connectivity index (χ0) is 15.9. The van der Waals surface area contributed by atoms with Crippen molar-refractivity contribution in [1.29, 1.82) is 0 Å². The number of nitrogens with zero attached hydrogens (tertiary/aromatic N) is 3. The average Bonchev–Trinajstić information content (AvgIpc) is 2.96. The molecule has 22 heavy (non-hydrogen) atoms. The fourth-order valence-corrected chi connectivity index (χ4v) is 2.33. The topological polar surface area (TPSA) is 100 Å². The molecule has 1 aliphatic heterocycles. The second kappa shape index (κ2) is 7.58. The third-order valence-corrected chi connectivity index (χ3v) is 3.53. The van der Waals surface area contributed by atoms with E-state index in [1.165, 1.54) is 0 Å². The van der Waals surface area contributed by atoms with Gasteiger partial charge in [0.2, 0.25) is 11.8 Å². The number of piperidine rings is 1. The number of hydrogen-bond donors (Lipinski definition) is 2. The molecule has 1 fully saturated rings. The van der Waals surface area contributed by atoms with Crippen molar-refractivity contribution >= 4 is 11.9 Å². The van der Waals surface area contributed by atoms with Crippen molar-refractivity contribution in [2.24, 2.45) is 5.92 Å². The maximum absolute atomic E-state index is 12.1. The summed E-state index contributed by atoms with van der Waals surface area (Å²) in [7, 11) is 0. The quantitative estimate of drug-likeness (QED) is 0.776. The van der Waals surface area contributed by atoms with Gasteiger partial charge in [-0.1, -0.05) is 11.2 Å². The van der Waals surface area contributed by atoms with Gasteiger partial charge >= 0.3 is 6.03 Å². The second-order valence-electron chi connectivity index (χ2n) is 5.19. The summed E-state index contributed by atoms with van der Waals surface area (Å²) < 4.78 is 4.94. The van der Waals surface area contributed by atoms with Gasteiger partial charge in [0.1, 0.15) is 0 Å². The van der Waals surface area contributed by atoms with Crippen LogP contribution in [0.25, 0.3) is 0 Å². The van der Waals surface area contributed by atoms with Crippen LogP contribution >= 0.6 is 0 Å². The van der Waals surface area contributed by atoms with E-state index >= 15 is 0 Å². The highest BCUT2D eigenvalue weighted by molar-refractivity contribution is 5.79. The predicted molar refractivity (Wildman–Crippen MR) is 78.8 cm³/mol. The standard InChI is InChI=1S/C14H21N5O3/c1-3-6-15-14(21)19-7-4-11(5-8-19)13(20)16-9-12-17-10(2)18-22-12/h3,11H,1,4-9H2,2H3,(H,15,21)(H,16,20). The van der Waals surface area contributed by atoms with Crippen LogP contribution in [-0.4, -0.2) is 46.6 Å². The van der Waals surface area contributed by atoms with Gasteiger partial charge in [-0.05, 0) is 19.8 Å². The number of amides is 3. The maximum Gasteiger partial charge on any atom is 0.317 e. The number of rotatable bonds is 5. The van der Waals surface area contributed by atoms with E-state index in [4.69, 9.17) is 4.52 Å². The molecule has 0 saturated carbocycles. The van der Waals surface area contributed by atoms with E-state index in [2.05, 4.69) is 27.4 Å². The molecular weight excluding hydrogens is 286 g/mol. The van der Waals surface area contributed by atoms with E-state index in [1.807, 2.05) is 0 Å². The Hall–Kier alpha value is -2.38. The Bertz CT molecular complexity index is 534. The predicted octanol–water partition coefficient (Wildman–Crippen LogP) is 0.602. The SMILES string of the molecule is C=CCNC(=O)N1CCC(C(=O)NCc2nc(C)no2)CC1. The fourth-order valence-electron chi connectivity index (χ4n) is 2.33. The van der Waals surface area contributed by atoms with Gasteiger partial charge in [-0.3, -0.25) is 4.79 Å². The molecule has 0 aliphatic carbocycles. The number of nitrogens with one attached hydrogen (secondary N) is 2. The van der Waals surface area contributed by atoms with Crippen molar-refractivity contribution in [1.82, 2.24) is 25.7 Å². The molecule has 3 amide bonds. The Labute approximate surface area is 128 Å². The largest absolute Gasteiger partial charge is 0.347 e. The van der Waals surface area contributed by atoms with Crippen molar-refractivity contribution < 1.29 is 14.1 Å². The first-order valence-corrected chi connectivity index (χ1v) is 7.30. The molecular formula is C14H21N5O3. The average molecular weight is 307 g/mol. The molecule has 2 heterocycles. The van der Waals surface area contributed by atoms with Gasteiger partial charge in [0, 0.05) is 25.6 Å². The lowest BCUT2D eigenvalue weighted by Crippen LogP contribution is -2.46. The van der Waals surface area contributed by atoms with Gasteiger partial charge in [-0.15, -0.1) is 6.58 Å². The van der Waals surface area contributed by atoms with Crippen molar-refractivity contribution in [3.63, 3.8) is 0 Å².